The lowest BCUT2D eigenvalue weighted by molar-refractivity contribution is 0.210. The molecule has 0 unspecified atom stereocenters. The average Bonchev–Trinajstić information content (AvgIpc) is 2.04. The third-order valence-corrected chi connectivity index (χ3v) is 2.14. The first-order chi connectivity index (χ1) is 5.27. The molecule has 0 aromatic rings. The zero-order chi connectivity index (χ0) is 8.27. The summed E-state index contributed by atoms with van der Waals surface area (Å²) < 4.78 is 0. The van der Waals surface area contributed by atoms with Crippen LogP contribution >= 0.6 is 0 Å². The lowest BCUT2D eigenvalue weighted by atomic mass is 10.2. The minimum atomic E-state index is 0.997. The predicted molar refractivity (Wildman–Crippen MR) is 47.4 cm³/mol. The standard InChI is InChI=1S/C9H16N2/c1-4-9-8-10(3)6-7-11(9)5-2/h1,5-8H2,2-3H3. The molecule has 62 valence electrons. The highest BCUT2D eigenvalue weighted by Gasteiger charge is 2.15. The van der Waals surface area contributed by atoms with Crippen LogP contribution in [0.1, 0.15) is 6.92 Å². The predicted octanol–water partition coefficient (Wildman–Crippen LogP) is 0.922. The summed E-state index contributed by atoms with van der Waals surface area (Å²) in [5, 5.41) is 0. The molecule has 0 aliphatic carbocycles. The topological polar surface area (TPSA) is 6.48 Å². The molecule has 0 bridgehead atoms. The van der Waals surface area contributed by atoms with E-state index in [2.05, 4.69) is 36.1 Å². The molecular formula is C9H16N2. The van der Waals surface area contributed by atoms with Crippen molar-refractivity contribution >= 4 is 0 Å². The van der Waals surface area contributed by atoms with E-state index in [0.717, 1.165) is 26.2 Å². The van der Waals surface area contributed by atoms with E-state index in [9.17, 15) is 0 Å². The Morgan fingerprint density at radius 2 is 2.27 bits per heavy atom. The molecule has 0 aromatic carbocycles. The van der Waals surface area contributed by atoms with Crippen molar-refractivity contribution in [3.63, 3.8) is 0 Å². The van der Waals surface area contributed by atoms with Crippen molar-refractivity contribution in [2.24, 2.45) is 0 Å². The van der Waals surface area contributed by atoms with E-state index in [1.165, 1.54) is 5.70 Å². The van der Waals surface area contributed by atoms with Gasteiger partial charge in [0.25, 0.3) is 0 Å². The molecule has 0 saturated carbocycles. The van der Waals surface area contributed by atoms with Gasteiger partial charge in [0.05, 0.1) is 5.70 Å². The summed E-state index contributed by atoms with van der Waals surface area (Å²) >= 11 is 0. The van der Waals surface area contributed by atoms with E-state index in [-0.39, 0.29) is 0 Å². The van der Waals surface area contributed by atoms with Crippen LogP contribution in [0.5, 0.6) is 0 Å². The van der Waals surface area contributed by atoms with E-state index in [1.54, 1.807) is 0 Å². The maximum atomic E-state index is 3.69. The molecule has 11 heavy (non-hydrogen) atoms. The van der Waals surface area contributed by atoms with Crippen molar-refractivity contribution in [1.82, 2.24) is 9.80 Å². The summed E-state index contributed by atoms with van der Waals surface area (Å²) in [5.74, 6) is 0. The molecule has 1 fully saturated rings. The molecule has 1 heterocycles. The monoisotopic (exact) mass is 152 g/mol. The fourth-order valence-corrected chi connectivity index (χ4v) is 1.38. The number of hydrogen-bond donors (Lipinski definition) is 0. The Balaban J connectivity index is 2.63. The van der Waals surface area contributed by atoms with Gasteiger partial charge < -0.3 is 4.90 Å². The highest BCUT2D eigenvalue weighted by molar-refractivity contribution is 5.03. The first-order valence-corrected chi connectivity index (χ1v) is 4.10. The van der Waals surface area contributed by atoms with Gasteiger partial charge in [0.1, 0.15) is 0 Å². The van der Waals surface area contributed by atoms with Crippen molar-refractivity contribution in [2.75, 3.05) is 33.2 Å². The second-order valence-corrected chi connectivity index (χ2v) is 2.94. The molecule has 1 rings (SSSR count). The van der Waals surface area contributed by atoms with Crippen LogP contribution in [0.2, 0.25) is 0 Å². The highest BCUT2D eigenvalue weighted by atomic mass is 15.3. The normalized spacial score (nSPS) is 20.2. The molecule has 0 aromatic heterocycles. The summed E-state index contributed by atoms with van der Waals surface area (Å²) in [5.41, 5.74) is 4.22. The average molecular weight is 152 g/mol. The Morgan fingerprint density at radius 1 is 1.55 bits per heavy atom. The van der Waals surface area contributed by atoms with Crippen LogP contribution in [0.25, 0.3) is 0 Å². The van der Waals surface area contributed by atoms with Crippen LogP contribution in [0.3, 0.4) is 0 Å². The summed E-state index contributed by atoms with van der Waals surface area (Å²) in [7, 11) is 2.13. The van der Waals surface area contributed by atoms with Crippen LogP contribution in [0.15, 0.2) is 18.0 Å². The molecule has 0 radical (unpaired) electrons. The van der Waals surface area contributed by atoms with Gasteiger partial charge in [0, 0.05) is 26.2 Å². The number of rotatable bonds is 1. The summed E-state index contributed by atoms with van der Waals surface area (Å²) in [4.78, 5) is 4.62. The molecule has 0 N–H and O–H groups in total. The van der Waals surface area contributed by atoms with E-state index >= 15 is 0 Å². The van der Waals surface area contributed by atoms with E-state index in [0.29, 0.717) is 0 Å². The molecule has 0 atom stereocenters. The molecule has 2 nitrogen and oxygen atoms in total. The maximum Gasteiger partial charge on any atom is 0.0701 e. The zero-order valence-corrected chi connectivity index (χ0v) is 7.43. The Morgan fingerprint density at radius 3 is 2.82 bits per heavy atom. The lowest BCUT2D eigenvalue weighted by Crippen LogP contribution is -2.42. The number of hydrogen-bond acceptors (Lipinski definition) is 2. The van der Waals surface area contributed by atoms with Gasteiger partial charge in [-0.25, -0.2) is 0 Å². The SMILES string of the molecule is C=C=C1CN(C)CCN1CC. The van der Waals surface area contributed by atoms with Crippen molar-refractivity contribution in [1.29, 1.82) is 0 Å². The van der Waals surface area contributed by atoms with Crippen molar-refractivity contribution in [3.8, 4) is 0 Å². The van der Waals surface area contributed by atoms with Gasteiger partial charge in [-0.3, -0.25) is 4.90 Å². The molecule has 0 amide bonds. The largest absolute Gasteiger partial charge is 0.367 e. The lowest BCUT2D eigenvalue weighted by Gasteiger charge is -2.34. The summed E-state index contributed by atoms with van der Waals surface area (Å²) in [6, 6.07) is 0. The summed E-state index contributed by atoms with van der Waals surface area (Å²) in [6.07, 6.45) is 0. The second-order valence-electron chi connectivity index (χ2n) is 2.94. The molecule has 2 heteroatoms. The van der Waals surface area contributed by atoms with Crippen LogP contribution < -0.4 is 0 Å². The minimum absolute atomic E-state index is 0.997. The second kappa shape index (κ2) is 3.61. The fraction of sp³-hybridized carbons (Fsp3) is 0.667. The van der Waals surface area contributed by atoms with Gasteiger partial charge in [0.2, 0.25) is 0 Å². The third-order valence-electron chi connectivity index (χ3n) is 2.14. The minimum Gasteiger partial charge on any atom is -0.367 e. The first-order valence-electron chi connectivity index (χ1n) is 4.10. The number of nitrogens with zero attached hydrogens (tertiary/aromatic N) is 2. The quantitative estimate of drug-likeness (QED) is 0.516. The van der Waals surface area contributed by atoms with Gasteiger partial charge in [0.15, 0.2) is 0 Å². The van der Waals surface area contributed by atoms with Crippen molar-refractivity contribution in [2.45, 2.75) is 6.92 Å². The molecule has 1 saturated heterocycles. The van der Waals surface area contributed by atoms with E-state index in [1.807, 2.05) is 0 Å². The molecule has 1 aliphatic heterocycles. The van der Waals surface area contributed by atoms with Crippen molar-refractivity contribution < 1.29 is 0 Å². The Kier molecular flexibility index (Phi) is 2.75. The zero-order valence-electron chi connectivity index (χ0n) is 7.43. The van der Waals surface area contributed by atoms with Crippen LogP contribution in [-0.4, -0.2) is 43.0 Å². The molecule has 1 aliphatic rings. The van der Waals surface area contributed by atoms with Crippen LogP contribution in [0, 0.1) is 0 Å². The fourth-order valence-electron chi connectivity index (χ4n) is 1.38. The Hall–Kier alpha value is -0.720. The number of piperazine rings is 1. The van der Waals surface area contributed by atoms with Crippen LogP contribution in [-0.2, 0) is 0 Å². The van der Waals surface area contributed by atoms with Gasteiger partial charge in [-0.15, -0.1) is 5.73 Å². The summed E-state index contributed by atoms with van der Waals surface area (Å²) in [6.45, 7) is 10.2. The highest BCUT2D eigenvalue weighted by Crippen LogP contribution is 2.09. The first kappa shape index (κ1) is 8.38. The van der Waals surface area contributed by atoms with Gasteiger partial charge >= 0.3 is 0 Å². The van der Waals surface area contributed by atoms with Gasteiger partial charge in [-0.05, 0) is 14.0 Å². The smallest absolute Gasteiger partial charge is 0.0701 e. The van der Waals surface area contributed by atoms with Crippen LogP contribution in [0.4, 0.5) is 0 Å². The van der Waals surface area contributed by atoms with Gasteiger partial charge in [-0.2, -0.15) is 0 Å². The Bertz CT molecular complexity index is 180. The van der Waals surface area contributed by atoms with Crippen molar-refractivity contribution in [3.05, 3.63) is 18.0 Å². The van der Waals surface area contributed by atoms with E-state index in [4.69, 9.17) is 0 Å². The Labute approximate surface area is 68.8 Å². The molecular weight excluding hydrogens is 136 g/mol. The van der Waals surface area contributed by atoms with Gasteiger partial charge in [-0.1, -0.05) is 6.58 Å². The maximum absolute atomic E-state index is 3.69. The third kappa shape index (κ3) is 1.86. The number of likely N-dealkylation sites (N-methyl/N-ethyl adjacent to an activating group) is 2. The van der Waals surface area contributed by atoms with E-state index < -0.39 is 0 Å². The molecule has 0 spiro atoms.